The summed E-state index contributed by atoms with van der Waals surface area (Å²) in [5.74, 6) is 1.83. The van der Waals surface area contributed by atoms with Crippen LogP contribution in [-0.4, -0.2) is 19.5 Å². The topological polar surface area (TPSA) is 43.6 Å². The summed E-state index contributed by atoms with van der Waals surface area (Å²) in [6.45, 7) is 0. The zero-order valence-electron chi connectivity index (χ0n) is 35.6. The average molecular weight is 859 g/mol. The third-order valence-electron chi connectivity index (χ3n) is 12.9. The maximum Gasteiger partial charge on any atom is 0.164 e. The van der Waals surface area contributed by atoms with E-state index in [2.05, 4.69) is 223 Å². The van der Waals surface area contributed by atoms with Crippen molar-refractivity contribution >= 4 is 64.1 Å². The van der Waals surface area contributed by atoms with Gasteiger partial charge in [-0.1, -0.05) is 182 Å². The quantitative estimate of drug-likeness (QED) is 0.160. The SMILES string of the molecule is c1ccc(-c2ccccc2-c2nc(-c3ccc(-n4c5ccccc5c5cc6ccccc6cc54)c(-c4cccc5sc6ccccc6c45)c3)nc(-c3ccccc3-c3ccccc3)n2)cc1. The van der Waals surface area contributed by atoms with Gasteiger partial charge in [-0.25, -0.2) is 15.0 Å². The van der Waals surface area contributed by atoms with E-state index in [1.54, 1.807) is 0 Å². The molecule has 0 saturated carbocycles. The van der Waals surface area contributed by atoms with E-state index in [9.17, 15) is 0 Å². The summed E-state index contributed by atoms with van der Waals surface area (Å²) in [5.41, 5.74) is 12.7. The molecule has 0 unspecified atom stereocenters. The lowest BCUT2D eigenvalue weighted by Gasteiger charge is -2.18. The van der Waals surface area contributed by atoms with Gasteiger partial charge in [0.1, 0.15) is 0 Å². The maximum atomic E-state index is 5.42. The van der Waals surface area contributed by atoms with Gasteiger partial charge in [0.25, 0.3) is 0 Å². The van der Waals surface area contributed by atoms with E-state index in [-0.39, 0.29) is 0 Å². The van der Waals surface area contributed by atoms with Gasteiger partial charge in [-0.15, -0.1) is 11.3 Å². The molecule has 3 aromatic heterocycles. The average Bonchev–Trinajstić information content (AvgIpc) is 3.93. The van der Waals surface area contributed by atoms with Crippen molar-refractivity contribution in [1.82, 2.24) is 19.5 Å². The van der Waals surface area contributed by atoms with E-state index >= 15 is 0 Å². The highest BCUT2D eigenvalue weighted by molar-refractivity contribution is 7.25. The van der Waals surface area contributed by atoms with E-state index in [4.69, 9.17) is 15.0 Å². The minimum absolute atomic E-state index is 0.601. The smallest absolute Gasteiger partial charge is 0.164 e. The van der Waals surface area contributed by atoms with Crippen LogP contribution in [0, 0.1) is 0 Å². The summed E-state index contributed by atoms with van der Waals surface area (Å²) in [5, 5.41) is 7.36. The van der Waals surface area contributed by atoms with Gasteiger partial charge in [0, 0.05) is 53.2 Å². The first-order valence-electron chi connectivity index (χ1n) is 22.3. The first kappa shape index (κ1) is 38.0. The molecule has 0 atom stereocenters. The summed E-state index contributed by atoms with van der Waals surface area (Å²) in [6.07, 6.45) is 0. The van der Waals surface area contributed by atoms with Crippen molar-refractivity contribution in [2.45, 2.75) is 0 Å². The first-order valence-corrected chi connectivity index (χ1v) is 23.1. The molecule has 0 saturated heterocycles. The lowest BCUT2D eigenvalue weighted by atomic mass is 9.95. The molecular formula is C61H38N4S. The van der Waals surface area contributed by atoms with Crippen LogP contribution >= 0.6 is 11.3 Å². The highest BCUT2D eigenvalue weighted by Gasteiger charge is 2.23. The number of benzene rings is 10. The number of aromatic nitrogens is 4. The molecule has 0 radical (unpaired) electrons. The van der Waals surface area contributed by atoms with Crippen LogP contribution in [-0.2, 0) is 0 Å². The number of rotatable bonds is 7. The number of thiophene rings is 1. The predicted octanol–water partition coefficient (Wildman–Crippen LogP) is 16.5. The van der Waals surface area contributed by atoms with Gasteiger partial charge >= 0.3 is 0 Å². The molecule has 13 rings (SSSR count). The highest BCUT2D eigenvalue weighted by Crippen LogP contribution is 2.45. The second-order valence-corrected chi connectivity index (χ2v) is 17.8. The van der Waals surface area contributed by atoms with Gasteiger partial charge in [-0.3, -0.25) is 0 Å². The molecule has 0 aliphatic heterocycles. The van der Waals surface area contributed by atoms with Gasteiger partial charge in [0.2, 0.25) is 0 Å². The Hall–Kier alpha value is -8.51. The molecule has 10 aromatic carbocycles. The van der Waals surface area contributed by atoms with E-state index in [1.807, 2.05) is 23.5 Å². The van der Waals surface area contributed by atoms with Crippen molar-refractivity contribution in [3.05, 3.63) is 231 Å². The molecular weight excluding hydrogens is 821 g/mol. The molecule has 0 amide bonds. The summed E-state index contributed by atoms with van der Waals surface area (Å²) in [6, 6.07) is 82.2. The summed E-state index contributed by atoms with van der Waals surface area (Å²) < 4.78 is 4.97. The standard InChI is InChI=1S/C61H38N4S/c1-3-18-39(19-4-1)44-24-9-11-27-48(44)60-62-59(63-61(64-60)49-28-12-10-25-45(49)40-20-5-2-6-21-40)43-34-35-54(52(37-43)47-30-17-33-57-58(47)50-29-14-16-32-56(50)66-57)65-53-31-15-13-26-46(53)51-36-41-22-7-8-23-42(41)38-55(51)65/h1-38H. The Morgan fingerprint density at radius 3 is 1.53 bits per heavy atom. The first-order chi connectivity index (χ1) is 32.7. The highest BCUT2D eigenvalue weighted by atomic mass is 32.1. The number of fused-ring (bicyclic) bond motifs is 7. The number of hydrogen-bond acceptors (Lipinski definition) is 4. The monoisotopic (exact) mass is 858 g/mol. The van der Waals surface area contributed by atoms with Gasteiger partial charge in [-0.2, -0.15) is 0 Å². The normalized spacial score (nSPS) is 11.6. The van der Waals surface area contributed by atoms with Crippen LogP contribution in [0.15, 0.2) is 231 Å². The lowest BCUT2D eigenvalue weighted by Crippen LogP contribution is -2.03. The zero-order chi connectivity index (χ0) is 43.6. The largest absolute Gasteiger partial charge is 0.309 e. The summed E-state index contributed by atoms with van der Waals surface area (Å²) >= 11 is 1.84. The molecule has 3 heterocycles. The van der Waals surface area contributed by atoms with Crippen molar-refractivity contribution in [2.24, 2.45) is 0 Å². The molecule has 0 bridgehead atoms. The van der Waals surface area contributed by atoms with Crippen LogP contribution < -0.4 is 0 Å². The molecule has 0 aliphatic carbocycles. The number of nitrogens with zero attached hydrogens (tertiary/aromatic N) is 4. The summed E-state index contributed by atoms with van der Waals surface area (Å²) in [7, 11) is 0. The fraction of sp³-hybridized carbons (Fsp3) is 0. The van der Waals surface area contributed by atoms with Crippen LogP contribution in [0.1, 0.15) is 0 Å². The van der Waals surface area contributed by atoms with Gasteiger partial charge < -0.3 is 4.57 Å². The fourth-order valence-electron chi connectivity index (χ4n) is 9.84. The van der Waals surface area contributed by atoms with Crippen molar-refractivity contribution < 1.29 is 0 Å². The molecule has 66 heavy (non-hydrogen) atoms. The molecule has 0 spiro atoms. The summed E-state index contributed by atoms with van der Waals surface area (Å²) in [4.78, 5) is 16.2. The van der Waals surface area contributed by atoms with Crippen molar-refractivity contribution in [3.8, 4) is 73.2 Å². The Morgan fingerprint density at radius 1 is 0.303 bits per heavy atom. The van der Waals surface area contributed by atoms with Crippen molar-refractivity contribution in [1.29, 1.82) is 0 Å². The molecule has 0 N–H and O–H groups in total. The third kappa shape index (κ3) is 6.32. The molecule has 4 nitrogen and oxygen atoms in total. The fourth-order valence-corrected chi connectivity index (χ4v) is 11.0. The van der Waals surface area contributed by atoms with Crippen LogP contribution in [0.5, 0.6) is 0 Å². The van der Waals surface area contributed by atoms with Crippen LogP contribution in [0.4, 0.5) is 0 Å². The Bertz CT molecular complexity index is 3900. The Morgan fingerprint density at radius 2 is 0.833 bits per heavy atom. The van der Waals surface area contributed by atoms with Gasteiger partial charge in [0.15, 0.2) is 17.5 Å². The number of hydrogen-bond donors (Lipinski definition) is 0. The van der Waals surface area contributed by atoms with Crippen LogP contribution in [0.2, 0.25) is 0 Å². The minimum Gasteiger partial charge on any atom is -0.309 e. The second-order valence-electron chi connectivity index (χ2n) is 16.7. The third-order valence-corrected chi connectivity index (χ3v) is 14.0. The zero-order valence-corrected chi connectivity index (χ0v) is 36.5. The van der Waals surface area contributed by atoms with Crippen molar-refractivity contribution in [2.75, 3.05) is 0 Å². The van der Waals surface area contributed by atoms with Crippen LogP contribution in [0.25, 0.3) is 126 Å². The van der Waals surface area contributed by atoms with Crippen LogP contribution in [0.3, 0.4) is 0 Å². The molecule has 13 aromatic rings. The molecule has 0 fully saturated rings. The van der Waals surface area contributed by atoms with E-state index in [1.165, 1.54) is 41.7 Å². The second kappa shape index (κ2) is 15.6. The Kier molecular flexibility index (Phi) is 9.00. The van der Waals surface area contributed by atoms with E-state index < -0.39 is 0 Å². The lowest BCUT2D eigenvalue weighted by molar-refractivity contribution is 1.07. The molecule has 308 valence electrons. The van der Waals surface area contributed by atoms with E-state index in [0.29, 0.717) is 17.5 Å². The van der Waals surface area contributed by atoms with Gasteiger partial charge in [-0.05, 0) is 87.1 Å². The molecule has 5 heteroatoms. The minimum atomic E-state index is 0.601. The van der Waals surface area contributed by atoms with Crippen molar-refractivity contribution in [3.63, 3.8) is 0 Å². The predicted molar refractivity (Wildman–Crippen MR) is 277 cm³/mol. The Labute approximate surface area is 385 Å². The van der Waals surface area contributed by atoms with Gasteiger partial charge in [0.05, 0.1) is 16.7 Å². The Balaban J connectivity index is 1.11. The maximum absolute atomic E-state index is 5.42. The molecule has 0 aliphatic rings. The number of para-hydroxylation sites is 1. The van der Waals surface area contributed by atoms with E-state index in [0.717, 1.165) is 66.8 Å².